The molecule has 0 rings (SSSR count). The first kappa shape index (κ1) is 22.6. The number of nitrogens with two attached hydrogens (primary N) is 1. The molecule has 0 aliphatic heterocycles. The van der Waals surface area contributed by atoms with Crippen LogP contribution in [0.25, 0.3) is 0 Å². The number of amides is 2. The fourth-order valence-corrected chi connectivity index (χ4v) is 2.09. The second-order valence-corrected chi connectivity index (χ2v) is 6.05. The maximum Gasteiger partial charge on any atom is 0.326 e. The fourth-order valence-electron chi connectivity index (χ4n) is 2.09. The third-order valence-corrected chi connectivity index (χ3v) is 3.38. The zero-order valence-electron chi connectivity index (χ0n) is 15.0. The second kappa shape index (κ2) is 12.1. The molecular formula is C15H30N6O4. The maximum absolute atomic E-state index is 12.3. The number of hydrogen-bond acceptors (Lipinski definition) is 5. The Morgan fingerprint density at radius 3 is 2.28 bits per heavy atom. The molecule has 0 aromatic rings. The predicted molar refractivity (Wildman–Crippen MR) is 94.0 cm³/mol. The summed E-state index contributed by atoms with van der Waals surface area (Å²) >= 11 is 0. The molecule has 25 heavy (non-hydrogen) atoms. The minimum Gasteiger partial charge on any atom is -0.480 e. The first-order valence-electron chi connectivity index (χ1n) is 8.24. The zero-order chi connectivity index (χ0) is 19.4. The SMILES string of the molecule is CNC(=N)NCCC[C@H](NC(=O)[C@H](CC(C)C)NC(=O)CN)C(=O)O. The molecule has 0 saturated carbocycles. The first-order chi connectivity index (χ1) is 11.7. The lowest BCUT2D eigenvalue weighted by Gasteiger charge is -2.22. The van der Waals surface area contributed by atoms with Gasteiger partial charge in [-0.2, -0.15) is 0 Å². The van der Waals surface area contributed by atoms with Crippen LogP contribution in [-0.2, 0) is 14.4 Å². The standard InChI is InChI=1S/C15H30N6O4/c1-9(2)7-11(20-12(22)8-16)13(23)21-10(14(24)25)5-4-6-19-15(17)18-3/h9-11H,4-8,16H2,1-3H3,(H,20,22)(H,21,23)(H,24,25)(H3,17,18,19)/t10-,11-/m0/s1. The summed E-state index contributed by atoms with van der Waals surface area (Å²) in [4.78, 5) is 35.2. The van der Waals surface area contributed by atoms with Gasteiger partial charge in [-0.3, -0.25) is 15.0 Å². The van der Waals surface area contributed by atoms with Gasteiger partial charge in [-0.1, -0.05) is 13.8 Å². The van der Waals surface area contributed by atoms with Gasteiger partial charge in [-0.15, -0.1) is 0 Å². The second-order valence-electron chi connectivity index (χ2n) is 6.05. The van der Waals surface area contributed by atoms with Crippen molar-refractivity contribution in [3.05, 3.63) is 0 Å². The van der Waals surface area contributed by atoms with Crippen LogP contribution in [0.2, 0.25) is 0 Å². The average Bonchev–Trinajstić information content (AvgIpc) is 2.55. The van der Waals surface area contributed by atoms with Gasteiger partial charge in [0.2, 0.25) is 11.8 Å². The number of carboxylic acids is 1. The Bertz CT molecular complexity index is 469. The number of rotatable bonds is 11. The third kappa shape index (κ3) is 10.2. The largest absolute Gasteiger partial charge is 0.480 e. The summed E-state index contributed by atoms with van der Waals surface area (Å²) in [5.74, 6) is -1.89. The van der Waals surface area contributed by atoms with Gasteiger partial charge in [0, 0.05) is 13.6 Å². The van der Waals surface area contributed by atoms with Gasteiger partial charge in [0.25, 0.3) is 0 Å². The third-order valence-electron chi connectivity index (χ3n) is 3.38. The number of nitrogens with one attached hydrogen (secondary N) is 5. The van der Waals surface area contributed by atoms with Crippen LogP contribution in [0.4, 0.5) is 0 Å². The molecule has 0 aliphatic rings. The average molecular weight is 358 g/mol. The van der Waals surface area contributed by atoms with Crippen LogP contribution in [0, 0.1) is 11.3 Å². The summed E-state index contributed by atoms with van der Waals surface area (Å²) in [5.41, 5.74) is 5.25. The molecule has 0 unspecified atom stereocenters. The maximum atomic E-state index is 12.3. The molecule has 10 nitrogen and oxygen atoms in total. The monoisotopic (exact) mass is 358 g/mol. The summed E-state index contributed by atoms with van der Waals surface area (Å²) in [7, 11) is 1.60. The smallest absolute Gasteiger partial charge is 0.326 e. The van der Waals surface area contributed by atoms with Crippen molar-refractivity contribution in [1.29, 1.82) is 5.41 Å². The van der Waals surface area contributed by atoms with Crippen molar-refractivity contribution in [3.8, 4) is 0 Å². The van der Waals surface area contributed by atoms with Crippen molar-refractivity contribution < 1.29 is 19.5 Å². The number of carboxylic acid groups (broad SMARTS) is 1. The lowest BCUT2D eigenvalue weighted by molar-refractivity contribution is -0.142. The van der Waals surface area contributed by atoms with Gasteiger partial charge < -0.3 is 32.1 Å². The van der Waals surface area contributed by atoms with Gasteiger partial charge in [0.05, 0.1) is 6.54 Å². The molecule has 2 amide bonds. The lowest BCUT2D eigenvalue weighted by atomic mass is 10.0. The molecule has 2 atom stereocenters. The Hall–Kier alpha value is -2.36. The van der Waals surface area contributed by atoms with Gasteiger partial charge in [-0.05, 0) is 25.2 Å². The summed E-state index contributed by atoms with van der Waals surface area (Å²) < 4.78 is 0. The summed E-state index contributed by atoms with van der Waals surface area (Å²) in [6.07, 6.45) is 1.03. The van der Waals surface area contributed by atoms with Gasteiger partial charge in [0.1, 0.15) is 12.1 Å². The Labute approximate surface area is 147 Å². The van der Waals surface area contributed by atoms with Crippen LogP contribution in [0.15, 0.2) is 0 Å². The van der Waals surface area contributed by atoms with Crippen LogP contribution < -0.4 is 27.0 Å². The first-order valence-corrected chi connectivity index (χ1v) is 8.24. The van der Waals surface area contributed by atoms with Gasteiger partial charge >= 0.3 is 5.97 Å². The highest BCUT2D eigenvalue weighted by atomic mass is 16.4. The van der Waals surface area contributed by atoms with Crippen LogP contribution in [0.5, 0.6) is 0 Å². The molecule has 10 heteroatoms. The van der Waals surface area contributed by atoms with E-state index in [2.05, 4.69) is 21.3 Å². The van der Waals surface area contributed by atoms with Crippen molar-refractivity contribution in [2.24, 2.45) is 11.7 Å². The van der Waals surface area contributed by atoms with Crippen LogP contribution in [0.1, 0.15) is 33.1 Å². The van der Waals surface area contributed by atoms with E-state index in [1.807, 2.05) is 13.8 Å². The highest BCUT2D eigenvalue weighted by Crippen LogP contribution is 2.06. The normalized spacial score (nSPS) is 12.8. The molecule has 0 radical (unpaired) electrons. The van der Waals surface area contributed by atoms with Crippen LogP contribution >= 0.6 is 0 Å². The van der Waals surface area contributed by atoms with E-state index in [-0.39, 0.29) is 24.8 Å². The van der Waals surface area contributed by atoms with Crippen LogP contribution in [0.3, 0.4) is 0 Å². The molecule has 0 bridgehead atoms. The Balaban J connectivity index is 4.67. The van der Waals surface area contributed by atoms with Crippen LogP contribution in [-0.4, -0.2) is 61.1 Å². The summed E-state index contributed by atoms with van der Waals surface area (Å²) in [6.45, 7) is 3.95. The summed E-state index contributed by atoms with van der Waals surface area (Å²) in [6, 6.07) is -1.89. The van der Waals surface area contributed by atoms with Gasteiger partial charge in [-0.25, -0.2) is 4.79 Å². The van der Waals surface area contributed by atoms with E-state index in [4.69, 9.17) is 11.1 Å². The molecule has 0 aromatic heterocycles. The molecule has 0 saturated heterocycles. The Morgan fingerprint density at radius 2 is 1.80 bits per heavy atom. The van der Waals surface area contributed by atoms with E-state index in [1.54, 1.807) is 7.05 Å². The number of carbonyl (C=O) groups is 3. The molecule has 144 valence electrons. The summed E-state index contributed by atoms with van der Waals surface area (Å²) in [5, 5.41) is 27.0. The van der Waals surface area contributed by atoms with Crippen molar-refractivity contribution in [1.82, 2.24) is 21.3 Å². The molecule has 0 aliphatic carbocycles. The quantitative estimate of drug-likeness (QED) is 0.135. The highest BCUT2D eigenvalue weighted by Gasteiger charge is 2.26. The van der Waals surface area contributed by atoms with Crippen molar-refractivity contribution >= 4 is 23.7 Å². The number of hydrogen-bond donors (Lipinski definition) is 7. The predicted octanol–water partition coefficient (Wildman–Crippen LogP) is -1.43. The van der Waals surface area contributed by atoms with E-state index in [0.29, 0.717) is 19.4 Å². The topological polar surface area (TPSA) is 169 Å². The molecule has 0 aromatic carbocycles. The van der Waals surface area contributed by atoms with Crippen molar-refractivity contribution in [3.63, 3.8) is 0 Å². The number of guanidine groups is 1. The highest BCUT2D eigenvalue weighted by molar-refractivity contribution is 5.90. The van der Waals surface area contributed by atoms with Gasteiger partial charge in [0.15, 0.2) is 5.96 Å². The zero-order valence-corrected chi connectivity index (χ0v) is 15.0. The van der Waals surface area contributed by atoms with E-state index in [0.717, 1.165) is 0 Å². The van der Waals surface area contributed by atoms with E-state index >= 15 is 0 Å². The van der Waals surface area contributed by atoms with E-state index in [9.17, 15) is 19.5 Å². The molecule has 0 spiro atoms. The van der Waals surface area contributed by atoms with Crippen molar-refractivity contribution in [2.75, 3.05) is 20.1 Å². The minimum absolute atomic E-state index is 0.133. The molecule has 0 fully saturated rings. The number of aliphatic carboxylic acids is 1. The minimum atomic E-state index is -1.15. The lowest BCUT2D eigenvalue weighted by Crippen LogP contribution is -2.53. The van der Waals surface area contributed by atoms with Crippen molar-refractivity contribution in [2.45, 2.75) is 45.2 Å². The Morgan fingerprint density at radius 1 is 1.16 bits per heavy atom. The van der Waals surface area contributed by atoms with E-state index in [1.165, 1.54) is 0 Å². The van der Waals surface area contributed by atoms with E-state index < -0.39 is 29.9 Å². The molecular weight excluding hydrogens is 328 g/mol. The molecule has 0 heterocycles. The molecule has 8 N–H and O–H groups in total. The number of carbonyl (C=O) groups excluding carboxylic acids is 2. The fraction of sp³-hybridized carbons (Fsp3) is 0.733. The Kier molecular flexibility index (Phi) is 10.9.